The molecule has 0 saturated carbocycles. The molecule has 1 rings (SSSR count). The molecule has 342 valence electrons. The van der Waals surface area contributed by atoms with Crippen LogP contribution in [0.3, 0.4) is 0 Å². The van der Waals surface area contributed by atoms with E-state index in [0.29, 0.717) is 0 Å². The number of unbranched alkanes of at least 4 members (excludes halogenated alkanes) is 45. The van der Waals surface area contributed by atoms with Crippen molar-refractivity contribution in [1.82, 2.24) is 0 Å². The third-order valence-corrected chi connectivity index (χ3v) is 13.8. The van der Waals surface area contributed by atoms with Gasteiger partial charge in [-0.05, 0) is 30.5 Å². The summed E-state index contributed by atoms with van der Waals surface area (Å²) in [6.45, 7) is 2.31. The van der Waals surface area contributed by atoms with Gasteiger partial charge in [0.1, 0.15) is 10.1 Å². The van der Waals surface area contributed by atoms with Crippen molar-refractivity contribution < 1.29 is 64.4 Å². The van der Waals surface area contributed by atoms with Gasteiger partial charge in [-0.3, -0.25) is 0 Å². The summed E-state index contributed by atoms with van der Waals surface area (Å²) in [5.74, 6) is 0. The molecule has 0 aliphatic carbocycles. The van der Waals surface area contributed by atoms with Crippen LogP contribution in [0.15, 0.2) is 29.2 Å². The standard InChI is InChI=1S/C54H102O3S.K/c1-2-3-4-5-6-7-8-9-10-11-12-13-14-15-16-17-18-19-20-21-22-23-24-25-26-27-28-29-30-31-32-33-34-35-36-37-38-39-40-41-42-43-44-45-46-47-49-53-50-48-51-54(52-53)58(55,56)57;/h48,50-52H,2-47,49H2,1H3,(H,55,56,57);/q;+1/p-1. The summed E-state index contributed by atoms with van der Waals surface area (Å²) < 4.78 is 33.6. The Kier molecular flexibility index (Phi) is 48.9. The zero-order chi connectivity index (χ0) is 41.7. The maximum Gasteiger partial charge on any atom is 1.00 e. The predicted molar refractivity (Wildman–Crippen MR) is 256 cm³/mol. The molecular weight excluding hydrogens is 768 g/mol. The molecule has 0 N–H and O–H groups in total. The van der Waals surface area contributed by atoms with E-state index in [1.54, 1.807) is 6.07 Å². The van der Waals surface area contributed by atoms with Gasteiger partial charge in [0, 0.05) is 0 Å². The average Bonchev–Trinajstić information content (AvgIpc) is 3.22. The monoisotopic (exact) mass is 869 g/mol. The number of hydrogen-bond donors (Lipinski definition) is 0. The Bertz CT molecular complexity index is 1060. The molecule has 0 heterocycles. The van der Waals surface area contributed by atoms with Gasteiger partial charge < -0.3 is 4.55 Å². The van der Waals surface area contributed by atoms with Gasteiger partial charge in [-0.25, -0.2) is 8.42 Å². The fourth-order valence-corrected chi connectivity index (χ4v) is 9.58. The van der Waals surface area contributed by atoms with Gasteiger partial charge in [-0.1, -0.05) is 308 Å². The van der Waals surface area contributed by atoms with Crippen LogP contribution in [-0.2, 0) is 16.5 Å². The third kappa shape index (κ3) is 45.1. The van der Waals surface area contributed by atoms with E-state index in [9.17, 15) is 13.0 Å². The Morgan fingerprint density at radius 2 is 0.542 bits per heavy atom. The molecule has 1 aromatic carbocycles. The van der Waals surface area contributed by atoms with Crippen LogP contribution in [0.4, 0.5) is 0 Å². The molecule has 0 aliphatic heterocycles. The normalized spacial score (nSPS) is 11.7. The Morgan fingerprint density at radius 1 is 0.339 bits per heavy atom. The predicted octanol–water partition coefficient (Wildman–Crippen LogP) is 16.1. The van der Waals surface area contributed by atoms with Crippen molar-refractivity contribution in [1.29, 1.82) is 0 Å². The van der Waals surface area contributed by atoms with E-state index in [1.165, 1.54) is 301 Å². The number of aryl methyl sites for hydroxylation is 1. The first-order valence-electron chi connectivity index (χ1n) is 26.6. The number of hydrogen-bond acceptors (Lipinski definition) is 3. The van der Waals surface area contributed by atoms with E-state index in [4.69, 9.17) is 0 Å². The summed E-state index contributed by atoms with van der Waals surface area (Å²) in [5.41, 5.74) is 0.953. The SMILES string of the molecule is CCCCCCCCCCCCCCCCCCCCCCCCCCCCCCCCCCCCCCCCCCCCCCCCc1cccc(S(=O)(=O)[O-])c1.[K+]. The molecule has 1 aromatic rings. The second kappa shape index (κ2) is 48.2. The summed E-state index contributed by atoms with van der Waals surface area (Å²) in [5, 5.41) is 0. The Labute approximate surface area is 413 Å². The van der Waals surface area contributed by atoms with Crippen molar-refractivity contribution >= 4 is 10.1 Å². The largest absolute Gasteiger partial charge is 1.00 e. The molecule has 0 fully saturated rings. The minimum absolute atomic E-state index is 0. The van der Waals surface area contributed by atoms with Crippen molar-refractivity contribution in [3.05, 3.63) is 29.8 Å². The topological polar surface area (TPSA) is 57.2 Å². The van der Waals surface area contributed by atoms with Gasteiger partial charge in [-0.15, -0.1) is 0 Å². The van der Waals surface area contributed by atoms with Crippen LogP contribution in [-0.4, -0.2) is 13.0 Å². The fourth-order valence-electron chi connectivity index (χ4n) is 9.04. The van der Waals surface area contributed by atoms with Crippen molar-refractivity contribution in [3.8, 4) is 0 Å². The van der Waals surface area contributed by atoms with E-state index in [0.717, 1.165) is 18.4 Å². The number of rotatable bonds is 48. The van der Waals surface area contributed by atoms with Crippen LogP contribution in [0.2, 0.25) is 0 Å². The van der Waals surface area contributed by atoms with Crippen molar-refractivity contribution in [2.45, 2.75) is 314 Å². The van der Waals surface area contributed by atoms with Crippen molar-refractivity contribution in [3.63, 3.8) is 0 Å². The van der Waals surface area contributed by atoms with Gasteiger partial charge in [-0.2, -0.15) is 0 Å². The van der Waals surface area contributed by atoms with E-state index in [2.05, 4.69) is 6.92 Å². The molecular formula is C54H101KO3S. The van der Waals surface area contributed by atoms with E-state index >= 15 is 0 Å². The first kappa shape index (κ1) is 59.8. The summed E-state index contributed by atoms with van der Waals surface area (Å²) in [7, 11) is -4.35. The smallest absolute Gasteiger partial charge is 0.744 e. The minimum Gasteiger partial charge on any atom is -0.744 e. The Morgan fingerprint density at radius 3 is 0.746 bits per heavy atom. The van der Waals surface area contributed by atoms with Crippen molar-refractivity contribution in [2.75, 3.05) is 0 Å². The van der Waals surface area contributed by atoms with Gasteiger partial charge in [0.15, 0.2) is 0 Å². The van der Waals surface area contributed by atoms with Gasteiger partial charge in [0.2, 0.25) is 0 Å². The minimum atomic E-state index is -4.35. The zero-order valence-electron chi connectivity index (χ0n) is 40.2. The molecule has 0 bridgehead atoms. The summed E-state index contributed by atoms with van der Waals surface area (Å²) in [6.07, 6.45) is 66.9. The van der Waals surface area contributed by atoms with Crippen LogP contribution < -0.4 is 51.4 Å². The molecule has 0 saturated heterocycles. The molecule has 0 unspecified atom stereocenters. The first-order chi connectivity index (χ1) is 28.5. The second-order valence-electron chi connectivity index (χ2n) is 18.8. The Balaban J connectivity index is 0.0000336. The first-order valence-corrected chi connectivity index (χ1v) is 28.0. The molecule has 59 heavy (non-hydrogen) atoms. The molecule has 5 heteroatoms. The molecule has 0 aromatic heterocycles. The van der Waals surface area contributed by atoms with Crippen LogP contribution in [0, 0.1) is 0 Å². The molecule has 0 aliphatic rings. The molecule has 3 nitrogen and oxygen atoms in total. The van der Waals surface area contributed by atoms with E-state index in [1.807, 2.05) is 6.07 Å². The van der Waals surface area contributed by atoms with Crippen LogP contribution in [0.5, 0.6) is 0 Å². The van der Waals surface area contributed by atoms with Gasteiger partial charge in [0.05, 0.1) is 4.90 Å². The van der Waals surface area contributed by atoms with Crippen molar-refractivity contribution in [2.24, 2.45) is 0 Å². The third-order valence-electron chi connectivity index (χ3n) is 13.0. The second-order valence-corrected chi connectivity index (χ2v) is 20.1. The quantitative estimate of drug-likeness (QED) is 0.0372. The zero-order valence-corrected chi connectivity index (χ0v) is 44.1. The summed E-state index contributed by atoms with van der Waals surface area (Å²) in [6, 6.07) is 6.52. The van der Waals surface area contributed by atoms with E-state index < -0.39 is 10.1 Å². The maximum atomic E-state index is 11.2. The van der Waals surface area contributed by atoms with Crippen LogP contribution in [0.1, 0.15) is 308 Å². The average molecular weight is 870 g/mol. The van der Waals surface area contributed by atoms with E-state index in [-0.39, 0.29) is 56.3 Å². The number of benzene rings is 1. The van der Waals surface area contributed by atoms with Gasteiger partial charge in [0.25, 0.3) is 0 Å². The molecule has 0 amide bonds. The molecule has 0 radical (unpaired) electrons. The molecule has 0 spiro atoms. The molecule has 0 atom stereocenters. The van der Waals surface area contributed by atoms with Gasteiger partial charge >= 0.3 is 51.4 Å². The fraction of sp³-hybridized carbons (Fsp3) is 0.889. The van der Waals surface area contributed by atoms with Crippen LogP contribution in [0.25, 0.3) is 0 Å². The summed E-state index contributed by atoms with van der Waals surface area (Å²) >= 11 is 0. The Hall–Kier alpha value is 0.766. The summed E-state index contributed by atoms with van der Waals surface area (Å²) in [4.78, 5) is -0.104. The van der Waals surface area contributed by atoms with Crippen LogP contribution >= 0.6 is 0 Å². The maximum absolute atomic E-state index is 11.2.